The second kappa shape index (κ2) is 5.96. The first-order valence-electron chi connectivity index (χ1n) is 5.06. The van der Waals surface area contributed by atoms with Crippen LogP contribution in [-0.4, -0.2) is 11.9 Å². The molecule has 0 aliphatic rings. The number of nitrogens with one attached hydrogen (secondary N) is 1. The Labute approximate surface area is 102 Å². The van der Waals surface area contributed by atoms with E-state index < -0.39 is 11.9 Å². The van der Waals surface area contributed by atoms with Crippen LogP contribution in [-0.2, 0) is 4.79 Å². The van der Waals surface area contributed by atoms with Gasteiger partial charge in [0, 0.05) is 4.47 Å². The van der Waals surface area contributed by atoms with Gasteiger partial charge in [0.05, 0.1) is 11.7 Å². The second-order valence-electron chi connectivity index (χ2n) is 3.48. The zero-order valence-corrected chi connectivity index (χ0v) is 10.6. The highest BCUT2D eigenvalue weighted by atomic mass is 79.9. The Balaban J connectivity index is 2.77. The number of hydrogen-bond acceptors (Lipinski definition) is 2. The Bertz CT molecular complexity index is 364. The van der Waals surface area contributed by atoms with E-state index in [0.717, 1.165) is 6.42 Å². The molecule has 0 aromatic heterocycles. The number of para-hydroxylation sites is 1. The van der Waals surface area contributed by atoms with Gasteiger partial charge >= 0.3 is 0 Å². The van der Waals surface area contributed by atoms with Gasteiger partial charge in [0.15, 0.2) is 0 Å². The lowest BCUT2D eigenvalue weighted by atomic mass is 10.1. The van der Waals surface area contributed by atoms with Crippen LogP contribution in [0.5, 0.6) is 0 Å². The van der Waals surface area contributed by atoms with E-state index in [9.17, 15) is 9.18 Å². The van der Waals surface area contributed by atoms with Gasteiger partial charge in [-0.05, 0) is 34.5 Å². The molecule has 0 aliphatic heterocycles. The predicted octanol–water partition coefficient (Wildman–Crippen LogP) is 2.65. The number of amides is 1. The summed E-state index contributed by atoms with van der Waals surface area (Å²) in [7, 11) is 0. The first kappa shape index (κ1) is 13.1. The number of carbonyl (C=O) groups is 1. The van der Waals surface area contributed by atoms with Crippen LogP contribution in [0.4, 0.5) is 10.1 Å². The average molecular weight is 289 g/mol. The predicted molar refractivity (Wildman–Crippen MR) is 65.6 cm³/mol. The number of nitrogens with two attached hydrogens (primary N) is 1. The highest BCUT2D eigenvalue weighted by Crippen LogP contribution is 2.25. The summed E-state index contributed by atoms with van der Waals surface area (Å²) in [4.78, 5) is 11.6. The van der Waals surface area contributed by atoms with E-state index in [-0.39, 0.29) is 11.6 Å². The van der Waals surface area contributed by atoms with Crippen molar-refractivity contribution in [3.8, 4) is 0 Å². The molecule has 0 aliphatic carbocycles. The van der Waals surface area contributed by atoms with Crippen molar-refractivity contribution >= 4 is 27.5 Å². The van der Waals surface area contributed by atoms with Crippen molar-refractivity contribution in [2.45, 2.75) is 25.8 Å². The van der Waals surface area contributed by atoms with Crippen LogP contribution in [0.15, 0.2) is 22.7 Å². The van der Waals surface area contributed by atoms with Gasteiger partial charge in [0.2, 0.25) is 5.91 Å². The molecule has 0 heterocycles. The highest BCUT2D eigenvalue weighted by molar-refractivity contribution is 9.10. The zero-order valence-electron chi connectivity index (χ0n) is 8.97. The first-order chi connectivity index (χ1) is 7.56. The van der Waals surface area contributed by atoms with Gasteiger partial charge in [-0.3, -0.25) is 4.79 Å². The normalized spacial score (nSPS) is 12.2. The van der Waals surface area contributed by atoms with Crippen LogP contribution in [0, 0.1) is 5.82 Å². The van der Waals surface area contributed by atoms with Crippen LogP contribution in [0.1, 0.15) is 19.8 Å². The lowest BCUT2D eigenvalue weighted by Gasteiger charge is -2.12. The Morgan fingerprint density at radius 1 is 1.62 bits per heavy atom. The highest BCUT2D eigenvalue weighted by Gasteiger charge is 2.15. The molecule has 0 spiro atoms. The molecule has 1 rings (SSSR count). The molecule has 1 aromatic rings. The standard InChI is InChI=1S/C11H14BrFN2O/c1-2-4-9(14)11(16)15-10-7(12)5-3-6-8(10)13/h3,5-6,9H,2,4,14H2,1H3,(H,15,16). The van der Waals surface area contributed by atoms with Crippen LogP contribution in [0.2, 0.25) is 0 Å². The fourth-order valence-corrected chi connectivity index (χ4v) is 1.72. The monoisotopic (exact) mass is 288 g/mol. The lowest BCUT2D eigenvalue weighted by molar-refractivity contribution is -0.117. The molecular formula is C11H14BrFN2O. The molecule has 1 aromatic carbocycles. The summed E-state index contributed by atoms with van der Waals surface area (Å²) < 4.78 is 13.9. The number of rotatable bonds is 4. The van der Waals surface area contributed by atoms with E-state index in [1.54, 1.807) is 12.1 Å². The molecule has 5 heteroatoms. The van der Waals surface area contributed by atoms with Crippen molar-refractivity contribution in [2.75, 3.05) is 5.32 Å². The maximum absolute atomic E-state index is 13.4. The van der Waals surface area contributed by atoms with Crippen molar-refractivity contribution < 1.29 is 9.18 Å². The number of hydrogen-bond donors (Lipinski definition) is 2. The van der Waals surface area contributed by atoms with E-state index in [1.165, 1.54) is 6.07 Å². The minimum absolute atomic E-state index is 0.138. The fraction of sp³-hybridized carbons (Fsp3) is 0.364. The third kappa shape index (κ3) is 3.28. The minimum atomic E-state index is -0.600. The average Bonchev–Trinajstić information content (AvgIpc) is 2.23. The quantitative estimate of drug-likeness (QED) is 0.895. The van der Waals surface area contributed by atoms with Crippen molar-refractivity contribution in [3.63, 3.8) is 0 Å². The first-order valence-corrected chi connectivity index (χ1v) is 5.86. The van der Waals surface area contributed by atoms with E-state index in [1.807, 2.05) is 6.92 Å². The number of benzene rings is 1. The molecule has 3 nitrogen and oxygen atoms in total. The summed E-state index contributed by atoms with van der Waals surface area (Å²) >= 11 is 3.17. The molecule has 0 radical (unpaired) electrons. The number of carbonyl (C=O) groups excluding carboxylic acids is 1. The Morgan fingerprint density at radius 2 is 2.31 bits per heavy atom. The topological polar surface area (TPSA) is 55.1 Å². The van der Waals surface area contributed by atoms with Crippen molar-refractivity contribution in [3.05, 3.63) is 28.5 Å². The second-order valence-corrected chi connectivity index (χ2v) is 4.34. The van der Waals surface area contributed by atoms with Gasteiger partial charge in [-0.1, -0.05) is 19.4 Å². The minimum Gasteiger partial charge on any atom is -0.321 e. The number of anilines is 1. The molecule has 1 unspecified atom stereocenters. The Hall–Kier alpha value is -0.940. The van der Waals surface area contributed by atoms with E-state index in [0.29, 0.717) is 10.9 Å². The Kier molecular flexibility index (Phi) is 4.89. The van der Waals surface area contributed by atoms with Crippen LogP contribution < -0.4 is 11.1 Å². The van der Waals surface area contributed by atoms with Gasteiger partial charge < -0.3 is 11.1 Å². The smallest absolute Gasteiger partial charge is 0.241 e. The van der Waals surface area contributed by atoms with Crippen LogP contribution in [0.3, 0.4) is 0 Å². The third-order valence-corrected chi connectivity index (χ3v) is 2.81. The summed E-state index contributed by atoms with van der Waals surface area (Å²) in [5, 5.41) is 2.48. The molecular weight excluding hydrogens is 275 g/mol. The van der Waals surface area contributed by atoms with Gasteiger partial charge in [-0.15, -0.1) is 0 Å². The lowest BCUT2D eigenvalue weighted by Crippen LogP contribution is -2.35. The van der Waals surface area contributed by atoms with Gasteiger partial charge in [-0.2, -0.15) is 0 Å². The fourth-order valence-electron chi connectivity index (χ4n) is 1.28. The van der Waals surface area contributed by atoms with Gasteiger partial charge in [0.1, 0.15) is 5.82 Å². The molecule has 88 valence electrons. The molecule has 3 N–H and O–H groups in total. The van der Waals surface area contributed by atoms with E-state index in [4.69, 9.17) is 5.73 Å². The van der Waals surface area contributed by atoms with E-state index in [2.05, 4.69) is 21.2 Å². The summed E-state index contributed by atoms with van der Waals surface area (Å²) in [5.74, 6) is -0.848. The molecule has 0 bridgehead atoms. The van der Waals surface area contributed by atoms with Crippen molar-refractivity contribution in [1.82, 2.24) is 0 Å². The van der Waals surface area contributed by atoms with Crippen LogP contribution in [0.25, 0.3) is 0 Å². The van der Waals surface area contributed by atoms with Crippen molar-refractivity contribution in [1.29, 1.82) is 0 Å². The SMILES string of the molecule is CCCC(N)C(=O)Nc1c(F)cccc1Br. The summed E-state index contributed by atoms with van der Waals surface area (Å²) in [6.07, 6.45) is 1.39. The maximum atomic E-state index is 13.4. The number of halogens is 2. The van der Waals surface area contributed by atoms with Gasteiger partial charge in [0.25, 0.3) is 0 Å². The third-order valence-electron chi connectivity index (χ3n) is 2.15. The summed E-state index contributed by atoms with van der Waals surface area (Å²) in [6.45, 7) is 1.94. The van der Waals surface area contributed by atoms with Gasteiger partial charge in [-0.25, -0.2) is 4.39 Å². The molecule has 0 saturated heterocycles. The van der Waals surface area contributed by atoms with Crippen LogP contribution >= 0.6 is 15.9 Å². The van der Waals surface area contributed by atoms with Crippen molar-refractivity contribution in [2.24, 2.45) is 5.73 Å². The summed E-state index contributed by atoms with van der Waals surface area (Å²) in [6, 6.07) is 3.90. The molecule has 0 saturated carbocycles. The van der Waals surface area contributed by atoms with E-state index >= 15 is 0 Å². The largest absolute Gasteiger partial charge is 0.321 e. The molecule has 16 heavy (non-hydrogen) atoms. The maximum Gasteiger partial charge on any atom is 0.241 e. The molecule has 1 atom stereocenters. The summed E-state index contributed by atoms with van der Waals surface area (Å²) in [5.41, 5.74) is 5.76. The Morgan fingerprint density at radius 3 is 2.88 bits per heavy atom. The molecule has 0 fully saturated rings. The zero-order chi connectivity index (χ0) is 12.1. The molecule has 1 amide bonds.